The van der Waals surface area contributed by atoms with Crippen LogP contribution in [0.5, 0.6) is 0 Å². The first-order valence-corrected chi connectivity index (χ1v) is 8.41. The molecule has 0 aromatic heterocycles. The summed E-state index contributed by atoms with van der Waals surface area (Å²) >= 11 is 7.02. The lowest BCUT2D eigenvalue weighted by Crippen LogP contribution is -2.11. The molecule has 0 aliphatic rings. The Labute approximate surface area is 130 Å². The van der Waals surface area contributed by atoms with E-state index < -0.39 is 0 Å². The topological polar surface area (TPSA) is 38.0 Å². The molecule has 2 aromatic rings. The zero-order chi connectivity index (χ0) is 14.5. The van der Waals surface area contributed by atoms with Gasteiger partial charge in [-0.3, -0.25) is 0 Å². The van der Waals surface area contributed by atoms with Crippen molar-refractivity contribution in [3.8, 4) is 0 Å². The summed E-state index contributed by atoms with van der Waals surface area (Å²) in [5.41, 5.74) is 7.89. The van der Waals surface area contributed by atoms with E-state index in [1.165, 1.54) is 5.39 Å². The van der Waals surface area contributed by atoms with Crippen LogP contribution in [-0.2, 0) is 0 Å². The minimum Gasteiger partial charge on any atom is -0.389 e. The maximum absolute atomic E-state index is 5.80. The van der Waals surface area contributed by atoms with E-state index >= 15 is 0 Å². The van der Waals surface area contributed by atoms with Crippen LogP contribution in [-0.4, -0.2) is 23.0 Å². The summed E-state index contributed by atoms with van der Waals surface area (Å²) < 4.78 is 0. The molecule has 2 aromatic carbocycles. The first-order valence-electron chi connectivity index (χ1n) is 6.71. The molecule has 0 heterocycles. The standard InChI is InChI=1S/C16H20N2S2/c1-11(20-2)9-10-18-15-8-7-14(16(17)19)12-5-3-4-6-13(12)15/h3-8,11,18H,9-10H2,1-2H3,(H2,17,19). The Balaban J connectivity index is 2.27. The summed E-state index contributed by atoms with van der Waals surface area (Å²) in [7, 11) is 0. The van der Waals surface area contributed by atoms with Gasteiger partial charge in [0.25, 0.3) is 0 Å². The second-order valence-corrected chi connectivity index (χ2v) is 6.55. The number of thiocarbonyl (C=S) groups is 1. The molecule has 0 aliphatic carbocycles. The fourth-order valence-electron chi connectivity index (χ4n) is 2.20. The molecule has 2 nitrogen and oxygen atoms in total. The maximum atomic E-state index is 5.80. The molecule has 2 rings (SSSR count). The molecule has 0 radical (unpaired) electrons. The van der Waals surface area contributed by atoms with Crippen molar-refractivity contribution < 1.29 is 0 Å². The fourth-order valence-corrected chi connectivity index (χ4v) is 2.73. The number of rotatable bonds is 6. The SMILES string of the molecule is CSC(C)CCNc1ccc(C(N)=S)c2ccccc12. The van der Waals surface area contributed by atoms with Crippen molar-refractivity contribution >= 4 is 45.4 Å². The number of anilines is 1. The van der Waals surface area contributed by atoms with E-state index in [1.54, 1.807) is 0 Å². The first-order chi connectivity index (χ1) is 9.63. The van der Waals surface area contributed by atoms with Gasteiger partial charge in [0.05, 0.1) is 0 Å². The van der Waals surface area contributed by atoms with Crippen molar-refractivity contribution in [2.24, 2.45) is 5.73 Å². The molecule has 0 bridgehead atoms. The van der Waals surface area contributed by atoms with E-state index in [4.69, 9.17) is 18.0 Å². The highest BCUT2D eigenvalue weighted by Crippen LogP contribution is 2.27. The number of fused-ring (bicyclic) bond motifs is 1. The molecule has 3 N–H and O–H groups in total. The minimum absolute atomic E-state index is 0.448. The van der Waals surface area contributed by atoms with E-state index in [0.717, 1.165) is 29.6 Å². The molecule has 0 spiro atoms. The second kappa shape index (κ2) is 6.95. The summed E-state index contributed by atoms with van der Waals surface area (Å²) in [6.45, 7) is 3.22. The van der Waals surface area contributed by atoms with E-state index in [0.29, 0.717) is 10.2 Å². The van der Waals surface area contributed by atoms with Gasteiger partial charge in [0.1, 0.15) is 4.99 Å². The van der Waals surface area contributed by atoms with Crippen LogP contribution in [0.25, 0.3) is 10.8 Å². The van der Waals surface area contributed by atoms with Crippen molar-refractivity contribution in [1.82, 2.24) is 0 Å². The fraction of sp³-hybridized carbons (Fsp3) is 0.312. The van der Waals surface area contributed by atoms with Crippen LogP contribution >= 0.6 is 24.0 Å². The third-order valence-corrected chi connectivity index (χ3v) is 4.72. The Kier molecular flexibility index (Phi) is 5.26. The summed E-state index contributed by atoms with van der Waals surface area (Å²) in [5, 5.41) is 6.48. The van der Waals surface area contributed by atoms with E-state index in [1.807, 2.05) is 30.0 Å². The highest BCUT2D eigenvalue weighted by atomic mass is 32.2. The molecule has 106 valence electrons. The van der Waals surface area contributed by atoms with Gasteiger partial charge in [-0.2, -0.15) is 11.8 Å². The smallest absolute Gasteiger partial charge is 0.104 e. The number of nitrogens with one attached hydrogen (secondary N) is 1. The van der Waals surface area contributed by atoms with Crippen molar-refractivity contribution in [2.45, 2.75) is 18.6 Å². The highest BCUT2D eigenvalue weighted by Gasteiger charge is 2.07. The molecule has 0 saturated carbocycles. The van der Waals surface area contributed by atoms with Crippen LogP contribution in [0, 0.1) is 0 Å². The first kappa shape index (κ1) is 15.1. The van der Waals surface area contributed by atoms with Gasteiger partial charge in [0, 0.05) is 28.4 Å². The van der Waals surface area contributed by atoms with E-state index in [9.17, 15) is 0 Å². The van der Waals surface area contributed by atoms with Gasteiger partial charge in [-0.25, -0.2) is 0 Å². The average molecular weight is 304 g/mol. The van der Waals surface area contributed by atoms with Crippen LogP contribution in [0.2, 0.25) is 0 Å². The molecule has 1 atom stereocenters. The lowest BCUT2D eigenvalue weighted by Gasteiger charge is -2.14. The van der Waals surface area contributed by atoms with E-state index in [-0.39, 0.29) is 0 Å². The molecule has 4 heteroatoms. The summed E-state index contributed by atoms with van der Waals surface area (Å²) in [4.78, 5) is 0.448. The van der Waals surface area contributed by atoms with Crippen LogP contribution in [0.3, 0.4) is 0 Å². The minimum atomic E-state index is 0.448. The molecule has 1 unspecified atom stereocenters. The maximum Gasteiger partial charge on any atom is 0.104 e. The van der Waals surface area contributed by atoms with Gasteiger partial charge in [-0.1, -0.05) is 43.4 Å². The lowest BCUT2D eigenvalue weighted by atomic mass is 10.0. The molecule has 0 amide bonds. The Hall–Kier alpha value is -1.26. The Morgan fingerprint density at radius 3 is 2.60 bits per heavy atom. The molecule has 0 fully saturated rings. The van der Waals surface area contributed by atoms with E-state index in [2.05, 4.69) is 36.7 Å². The number of thioether (sulfide) groups is 1. The Morgan fingerprint density at radius 2 is 1.95 bits per heavy atom. The van der Waals surface area contributed by atoms with Crippen LogP contribution in [0.15, 0.2) is 36.4 Å². The molecule has 20 heavy (non-hydrogen) atoms. The Morgan fingerprint density at radius 1 is 1.25 bits per heavy atom. The molecular weight excluding hydrogens is 284 g/mol. The number of hydrogen-bond acceptors (Lipinski definition) is 3. The van der Waals surface area contributed by atoms with Crippen LogP contribution in [0.4, 0.5) is 5.69 Å². The van der Waals surface area contributed by atoms with Crippen LogP contribution in [0.1, 0.15) is 18.9 Å². The van der Waals surface area contributed by atoms with Gasteiger partial charge >= 0.3 is 0 Å². The van der Waals surface area contributed by atoms with Gasteiger partial charge in [-0.15, -0.1) is 0 Å². The number of benzene rings is 2. The summed E-state index contributed by atoms with van der Waals surface area (Å²) in [6.07, 6.45) is 3.30. The third-order valence-electron chi connectivity index (χ3n) is 3.46. The third kappa shape index (κ3) is 3.44. The zero-order valence-corrected chi connectivity index (χ0v) is 13.5. The molecule has 0 saturated heterocycles. The van der Waals surface area contributed by atoms with Crippen molar-refractivity contribution in [3.05, 3.63) is 42.0 Å². The van der Waals surface area contributed by atoms with Gasteiger partial charge < -0.3 is 11.1 Å². The predicted octanol–water partition coefficient (Wildman–Crippen LogP) is 4.03. The van der Waals surface area contributed by atoms with Crippen molar-refractivity contribution in [3.63, 3.8) is 0 Å². The second-order valence-electron chi connectivity index (χ2n) is 4.83. The van der Waals surface area contributed by atoms with Crippen molar-refractivity contribution in [2.75, 3.05) is 18.1 Å². The van der Waals surface area contributed by atoms with Gasteiger partial charge in [0.2, 0.25) is 0 Å². The molecule has 0 aliphatic heterocycles. The largest absolute Gasteiger partial charge is 0.389 e. The predicted molar refractivity (Wildman–Crippen MR) is 95.9 cm³/mol. The lowest BCUT2D eigenvalue weighted by molar-refractivity contribution is 0.854. The monoisotopic (exact) mass is 304 g/mol. The molecular formula is C16H20N2S2. The van der Waals surface area contributed by atoms with Gasteiger partial charge in [-0.05, 0) is 30.2 Å². The quantitative estimate of drug-likeness (QED) is 0.790. The number of hydrogen-bond donors (Lipinski definition) is 2. The van der Waals surface area contributed by atoms with Crippen molar-refractivity contribution in [1.29, 1.82) is 0 Å². The summed E-state index contributed by atoms with van der Waals surface area (Å²) in [5.74, 6) is 0. The van der Waals surface area contributed by atoms with Crippen LogP contribution < -0.4 is 11.1 Å². The Bertz CT molecular complexity index is 610. The number of nitrogens with two attached hydrogens (primary N) is 1. The average Bonchev–Trinajstić information content (AvgIpc) is 2.46. The highest BCUT2D eigenvalue weighted by molar-refractivity contribution is 7.99. The zero-order valence-electron chi connectivity index (χ0n) is 11.8. The summed E-state index contributed by atoms with van der Waals surface area (Å²) in [6, 6.07) is 12.3. The normalized spacial score (nSPS) is 12.3. The van der Waals surface area contributed by atoms with Gasteiger partial charge in [0.15, 0.2) is 0 Å².